The Morgan fingerprint density at radius 3 is 2.30 bits per heavy atom. The van der Waals surface area contributed by atoms with Crippen molar-refractivity contribution in [2.24, 2.45) is 5.41 Å². The zero-order valence-electron chi connectivity index (χ0n) is 20.5. The summed E-state index contributed by atoms with van der Waals surface area (Å²) in [6, 6.07) is 2.66. The van der Waals surface area contributed by atoms with Gasteiger partial charge in [0.25, 0.3) is 0 Å². The number of nitrogens with one attached hydrogen (secondary N) is 2. The summed E-state index contributed by atoms with van der Waals surface area (Å²) in [7, 11) is 1.75. The third kappa shape index (κ3) is 6.63. The molecule has 2 saturated heterocycles. The number of carbonyl (C=O) groups is 2. The van der Waals surface area contributed by atoms with E-state index in [4.69, 9.17) is 5.11 Å². The molecule has 2 heterocycles. The maximum atomic E-state index is 13.2. The molecule has 9 heteroatoms. The Labute approximate surface area is 195 Å². The van der Waals surface area contributed by atoms with Crippen LogP contribution < -0.4 is 10.6 Å². The number of halogens is 2. The first-order chi connectivity index (χ1) is 15.4. The Morgan fingerprint density at radius 1 is 1.15 bits per heavy atom. The lowest BCUT2D eigenvalue weighted by atomic mass is 9.85. The van der Waals surface area contributed by atoms with Gasteiger partial charge in [-0.15, -0.1) is 0 Å². The number of phenols is 1. The van der Waals surface area contributed by atoms with Crippen LogP contribution in [0.25, 0.3) is 0 Å². The molecule has 3 N–H and O–H groups in total. The molecular weight excluding hydrogens is 430 g/mol. The quantitative estimate of drug-likeness (QED) is 0.618. The molecular formula is C24H38F2N4O3. The van der Waals surface area contributed by atoms with Gasteiger partial charge in [0.15, 0.2) is 11.6 Å². The number of rotatable bonds is 5. The van der Waals surface area contributed by atoms with Crippen molar-refractivity contribution in [3.63, 3.8) is 0 Å². The van der Waals surface area contributed by atoms with E-state index in [0.717, 1.165) is 50.7 Å². The molecule has 2 fully saturated rings. The Morgan fingerprint density at radius 2 is 1.79 bits per heavy atom. The van der Waals surface area contributed by atoms with Crippen molar-refractivity contribution in [1.82, 2.24) is 20.4 Å². The molecule has 0 aliphatic carbocycles. The highest BCUT2D eigenvalue weighted by atomic mass is 19.2. The smallest absolute Gasteiger partial charge is 0.245 e. The number of likely N-dealkylation sites (tertiary alicyclic amines) is 2. The second kappa shape index (κ2) is 11.2. The summed E-state index contributed by atoms with van der Waals surface area (Å²) in [6.45, 7) is 12.9. The minimum absolute atomic E-state index is 0.0737. The van der Waals surface area contributed by atoms with Crippen LogP contribution in [0.1, 0.15) is 47.5 Å². The standard InChI is InChI=1S/C18H34N4O2.C6H4F2O/c1-7-21-10-8-14-13(21)9-11-22(14)17(24)15(18(3,4)5)20-16(23)12(2)19-6;7-5-2-1-4(9)3-6(5)8/h12-15,19H,7-11H2,1-6H3,(H,20,23);1-3,9H/t12-,13?,14?,15?;/m0./s1. The Balaban J connectivity index is 0.000000357. The van der Waals surface area contributed by atoms with Gasteiger partial charge in [0.2, 0.25) is 11.8 Å². The number of aromatic hydroxyl groups is 1. The summed E-state index contributed by atoms with van der Waals surface area (Å²) >= 11 is 0. The zero-order chi connectivity index (χ0) is 24.9. The maximum Gasteiger partial charge on any atom is 0.245 e. The molecule has 0 radical (unpaired) electrons. The van der Waals surface area contributed by atoms with Gasteiger partial charge in [-0.1, -0.05) is 27.7 Å². The molecule has 2 aliphatic heterocycles. The molecule has 4 atom stereocenters. The van der Waals surface area contributed by atoms with Crippen molar-refractivity contribution in [2.75, 3.05) is 26.7 Å². The highest BCUT2D eigenvalue weighted by Gasteiger charge is 2.47. The van der Waals surface area contributed by atoms with Crippen LogP contribution in [-0.4, -0.2) is 77.6 Å². The minimum Gasteiger partial charge on any atom is -0.508 e. The number of hydrogen-bond donors (Lipinski definition) is 3. The highest BCUT2D eigenvalue weighted by Crippen LogP contribution is 2.33. The summed E-state index contributed by atoms with van der Waals surface area (Å²) in [4.78, 5) is 30.1. The fourth-order valence-electron chi connectivity index (χ4n) is 4.44. The van der Waals surface area contributed by atoms with Crippen molar-refractivity contribution in [1.29, 1.82) is 0 Å². The third-order valence-electron chi connectivity index (χ3n) is 6.51. The third-order valence-corrected chi connectivity index (χ3v) is 6.51. The average Bonchev–Trinajstić information content (AvgIpc) is 3.35. The number of amides is 2. The van der Waals surface area contributed by atoms with E-state index in [-0.39, 0.29) is 29.0 Å². The molecule has 0 spiro atoms. The van der Waals surface area contributed by atoms with Gasteiger partial charge in [-0.2, -0.15) is 0 Å². The van der Waals surface area contributed by atoms with E-state index in [1.807, 2.05) is 32.6 Å². The number of nitrogens with zero attached hydrogens (tertiary/aromatic N) is 2. The normalized spacial score (nSPS) is 22.2. The SMILES string of the molecule is CCN1CCC2C1CCN2C(=O)C(NC(=O)[C@H](C)NC)C(C)(C)C.Oc1ccc(F)c(F)c1. The second-order valence-electron chi connectivity index (χ2n) is 9.79. The van der Waals surface area contributed by atoms with Gasteiger partial charge in [-0.05, 0) is 50.9 Å². The number of hydrogen-bond acceptors (Lipinski definition) is 5. The molecule has 0 saturated carbocycles. The fourth-order valence-corrected chi connectivity index (χ4v) is 4.44. The van der Waals surface area contributed by atoms with Crippen LogP contribution >= 0.6 is 0 Å². The van der Waals surface area contributed by atoms with Gasteiger partial charge in [0.1, 0.15) is 11.8 Å². The van der Waals surface area contributed by atoms with E-state index in [1.54, 1.807) is 7.05 Å². The number of fused-ring (bicyclic) bond motifs is 1. The molecule has 0 bridgehead atoms. The van der Waals surface area contributed by atoms with Gasteiger partial charge < -0.3 is 20.6 Å². The number of likely N-dealkylation sites (N-methyl/N-ethyl adjacent to an activating group) is 2. The van der Waals surface area contributed by atoms with E-state index < -0.39 is 17.7 Å². The highest BCUT2D eigenvalue weighted by molar-refractivity contribution is 5.90. The van der Waals surface area contributed by atoms with Crippen molar-refractivity contribution >= 4 is 11.8 Å². The van der Waals surface area contributed by atoms with Crippen LogP contribution in [0.3, 0.4) is 0 Å². The predicted octanol–water partition coefficient (Wildman–Crippen LogP) is 2.49. The summed E-state index contributed by atoms with van der Waals surface area (Å²) < 4.78 is 24.1. The Kier molecular flexibility index (Phi) is 9.20. The molecule has 2 aliphatic rings. The van der Waals surface area contributed by atoms with Crippen LogP contribution in [-0.2, 0) is 9.59 Å². The lowest BCUT2D eigenvalue weighted by Gasteiger charge is -2.36. The Hall–Kier alpha value is -2.26. The lowest BCUT2D eigenvalue weighted by molar-refractivity contribution is -0.140. The Bertz CT molecular complexity index is 830. The van der Waals surface area contributed by atoms with Crippen molar-refractivity contribution in [2.45, 2.75) is 71.6 Å². The van der Waals surface area contributed by atoms with Crippen molar-refractivity contribution < 1.29 is 23.5 Å². The first-order valence-corrected chi connectivity index (χ1v) is 11.6. The zero-order valence-corrected chi connectivity index (χ0v) is 20.5. The predicted molar refractivity (Wildman–Crippen MR) is 124 cm³/mol. The van der Waals surface area contributed by atoms with Gasteiger partial charge in [0, 0.05) is 31.2 Å². The fraction of sp³-hybridized carbons (Fsp3) is 0.667. The van der Waals surface area contributed by atoms with Crippen LogP contribution in [0.2, 0.25) is 0 Å². The molecule has 3 rings (SSSR count). The van der Waals surface area contributed by atoms with Gasteiger partial charge in [-0.3, -0.25) is 14.5 Å². The van der Waals surface area contributed by atoms with E-state index in [9.17, 15) is 18.4 Å². The molecule has 33 heavy (non-hydrogen) atoms. The second-order valence-corrected chi connectivity index (χ2v) is 9.79. The number of benzene rings is 1. The molecule has 2 amide bonds. The summed E-state index contributed by atoms with van der Waals surface area (Å²) in [6.07, 6.45) is 2.09. The van der Waals surface area contributed by atoms with E-state index >= 15 is 0 Å². The molecule has 7 nitrogen and oxygen atoms in total. The van der Waals surface area contributed by atoms with Gasteiger partial charge in [-0.25, -0.2) is 8.78 Å². The molecule has 1 aromatic carbocycles. The van der Waals surface area contributed by atoms with Crippen LogP contribution in [0, 0.1) is 17.0 Å². The van der Waals surface area contributed by atoms with Crippen LogP contribution in [0.4, 0.5) is 8.78 Å². The molecule has 0 aromatic heterocycles. The monoisotopic (exact) mass is 468 g/mol. The van der Waals surface area contributed by atoms with Crippen LogP contribution in [0.15, 0.2) is 18.2 Å². The summed E-state index contributed by atoms with van der Waals surface area (Å²) in [5, 5.41) is 14.5. The number of phenolic OH excluding ortho intramolecular Hbond substituents is 1. The van der Waals surface area contributed by atoms with Crippen LogP contribution in [0.5, 0.6) is 5.75 Å². The number of carbonyl (C=O) groups excluding carboxylic acids is 2. The van der Waals surface area contributed by atoms with E-state index in [0.29, 0.717) is 12.1 Å². The molecule has 3 unspecified atom stereocenters. The maximum absolute atomic E-state index is 13.2. The average molecular weight is 469 g/mol. The molecule has 186 valence electrons. The van der Waals surface area contributed by atoms with E-state index in [2.05, 4.69) is 22.5 Å². The van der Waals surface area contributed by atoms with Crippen molar-refractivity contribution in [3.8, 4) is 5.75 Å². The first kappa shape index (κ1) is 27.0. The largest absolute Gasteiger partial charge is 0.508 e. The van der Waals surface area contributed by atoms with Crippen molar-refractivity contribution in [3.05, 3.63) is 29.8 Å². The molecule has 1 aromatic rings. The summed E-state index contributed by atoms with van der Waals surface area (Å²) in [5.41, 5.74) is -0.318. The van der Waals surface area contributed by atoms with E-state index in [1.165, 1.54) is 0 Å². The topological polar surface area (TPSA) is 84.9 Å². The minimum atomic E-state index is -1.03. The summed E-state index contributed by atoms with van der Waals surface area (Å²) in [5.74, 6) is -2.30. The lowest BCUT2D eigenvalue weighted by Crippen LogP contribution is -2.58. The first-order valence-electron chi connectivity index (χ1n) is 11.6. The van der Waals surface area contributed by atoms with Gasteiger partial charge in [0.05, 0.1) is 6.04 Å². The van der Waals surface area contributed by atoms with Gasteiger partial charge >= 0.3 is 0 Å².